The molecule has 3 rings (SSSR count). The number of nitriles is 2. The third-order valence-electron chi connectivity index (χ3n) is 4.65. The molecule has 1 aliphatic carbocycles. The molecule has 0 bridgehead atoms. The first-order chi connectivity index (χ1) is 11.3. The fourth-order valence-corrected chi connectivity index (χ4v) is 3.55. The number of hydrogen-bond acceptors (Lipinski definition) is 3. The van der Waals surface area contributed by atoms with Gasteiger partial charge >= 0.3 is 0 Å². The number of anilines is 1. The lowest BCUT2D eigenvalue weighted by molar-refractivity contribution is 0.617. The second-order valence-electron chi connectivity index (χ2n) is 6.00. The molecule has 3 nitrogen and oxygen atoms in total. The number of nitrogen functional groups attached to an aromatic ring is 1. The van der Waals surface area contributed by atoms with Crippen LogP contribution in [0, 0.1) is 22.7 Å². The van der Waals surface area contributed by atoms with Crippen LogP contribution in [-0.2, 0) is 12.8 Å². The Hall–Kier alpha value is -2.78. The van der Waals surface area contributed by atoms with E-state index in [0.29, 0.717) is 16.8 Å². The molecule has 0 aliphatic heterocycles. The molecule has 23 heavy (non-hydrogen) atoms. The maximum Gasteiger partial charge on any atom is 0.102 e. The van der Waals surface area contributed by atoms with Gasteiger partial charge in [0.15, 0.2) is 0 Å². The van der Waals surface area contributed by atoms with Crippen LogP contribution in [0.1, 0.15) is 47.9 Å². The van der Waals surface area contributed by atoms with Gasteiger partial charge in [-0.1, -0.05) is 43.2 Å². The van der Waals surface area contributed by atoms with Crippen molar-refractivity contribution in [2.75, 3.05) is 5.73 Å². The monoisotopic (exact) mass is 301 g/mol. The van der Waals surface area contributed by atoms with Gasteiger partial charge in [-0.15, -0.1) is 0 Å². The summed E-state index contributed by atoms with van der Waals surface area (Å²) in [5.41, 5.74) is 11.7. The van der Waals surface area contributed by atoms with E-state index in [9.17, 15) is 10.5 Å². The first-order valence-corrected chi connectivity index (χ1v) is 8.10. The number of benzene rings is 2. The van der Waals surface area contributed by atoms with Gasteiger partial charge in [0.1, 0.15) is 12.1 Å². The van der Waals surface area contributed by atoms with E-state index in [0.717, 1.165) is 47.9 Å². The highest BCUT2D eigenvalue weighted by Gasteiger charge is 2.23. The molecule has 0 aromatic heterocycles. The molecular formula is C20H19N3. The van der Waals surface area contributed by atoms with Gasteiger partial charge in [0, 0.05) is 5.56 Å². The van der Waals surface area contributed by atoms with Crippen LogP contribution in [0.2, 0.25) is 0 Å². The summed E-state index contributed by atoms with van der Waals surface area (Å²) < 4.78 is 0. The standard InChI is InChI=1S/C20H19N3/c21-12-17-15-10-6-1-2-7-11-16(15)19(18(13-22)20(17)23)14-8-4-3-5-9-14/h3-5,8-9H,1-2,6-7,10-11,23H2. The molecule has 0 saturated carbocycles. The number of fused-ring (bicyclic) bond motifs is 1. The highest BCUT2D eigenvalue weighted by atomic mass is 14.6. The first kappa shape index (κ1) is 15.1. The smallest absolute Gasteiger partial charge is 0.102 e. The average Bonchev–Trinajstić information content (AvgIpc) is 2.56. The second kappa shape index (κ2) is 6.55. The van der Waals surface area contributed by atoms with Crippen molar-refractivity contribution >= 4 is 5.69 Å². The predicted molar refractivity (Wildman–Crippen MR) is 91.6 cm³/mol. The summed E-state index contributed by atoms with van der Waals surface area (Å²) in [5.74, 6) is 0. The van der Waals surface area contributed by atoms with Crippen molar-refractivity contribution in [2.24, 2.45) is 0 Å². The zero-order valence-corrected chi connectivity index (χ0v) is 13.1. The van der Waals surface area contributed by atoms with Crippen molar-refractivity contribution in [1.82, 2.24) is 0 Å². The van der Waals surface area contributed by atoms with E-state index >= 15 is 0 Å². The molecule has 0 radical (unpaired) electrons. The Morgan fingerprint density at radius 3 is 2.00 bits per heavy atom. The summed E-state index contributed by atoms with van der Waals surface area (Å²) in [5, 5.41) is 19.2. The van der Waals surface area contributed by atoms with Gasteiger partial charge in [0.05, 0.1) is 16.8 Å². The molecule has 2 aromatic carbocycles. The molecule has 1 aliphatic rings. The van der Waals surface area contributed by atoms with E-state index in [4.69, 9.17) is 5.73 Å². The van der Waals surface area contributed by atoms with Gasteiger partial charge < -0.3 is 5.73 Å². The Balaban J connectivity index is 2.38. The quantitative estimate of drug-likeness (QED) is 0.796. The third kappa shape index (κ3) is 2.67. The summed E-state index contributed by atoms with van der Waals surface area (Å²) in [6, 6.07) is 14.4. The van der Waals surface area contributed by atoms with Gasteiger partial charge in [0.2, 0.25) is 0 Å². The fraction of sp³-hybridized carbons (Fsp3) is 0.300. The Morgan fingerprint density at radius 2 is 1.39 bits per heavy atom. The molecule has 0 amide bonds. The van der Waals surface area contributed by atoms with E-state index in [-0.39, 0.29) is 0 Å². The number of nitrogens with two attached hydrogens (primary N) is 1. The molecule has 3 heteroatoms. The van der Waals surface area contributed by atoms with Crippen molar-refractivity contribution < 1.29 is 0 Å². The van der Waals surface area contributed by atoms with E-state index in [1.54, 1.807) is 0 Å². The molecule has 0 spiro atoms. The minimum atomic E-state index is 0.341. The fourth-order valence-electron chi connectivity index (χ4n) is 3.55. The lowest BCUT2D eigenvalue weighted by Gasteiger charge is -2.22. The van der Waals surface area contributed by atoms with Crippen molar-refractivity contribution in [1.29, 1.82) is 10.5 Å². The summed E-state index contributed by atoms with van der Waals surface area (Å²) in [4.78, 5) is 0. The Morgan fingerprint density at radius 1 is 0.783 bits per heavy atom. The Labute approximate surface area is 137 Å². The van der Waals surface area contributed by atoms with Gasteiger partial charge in [-0.25, -0.2) is 0 Å². The van der Waals surface area contributed by atoms with Crippen LogP contribution in [0.4, 0.5) is 5.69 Å². The number of rotatable bonds is 1. The van der Waals surface area contributed by atoms with Crippen molar-refractivity contribution in [2.45, 2.75) is 38.5 Å². The third-order valence-corrected chi connectivity index (χ3v) is 4.65. The van der Waals surface area contributed by atoms with E-state index in [2.05, 4.69) is 12.1 Å². The molecule has 0 heterocycles. The summed E-state index contributed by atoms with van der Waals surface area (Å²) in [6.07, 6.45) is 6.32. The van der Waals surface area contributed by atoms with Gasteiger partial charge in [-0.05, 0) is 42.4 Å². The van der Waals surface area contributed by atoms with E-state index in [1.165, 1.54) is 12.8 Å². The van der Waals surface area contributed by atoms with Crippen LogP contribution < -0.4 is 5.73 Å². The first-order valence-electron chi connectivity index (χ1n) is 8.10. The van der Waals surface area contributed by atoms with E-state index in [1.807, 2.05) is 30.3 Å². The average molecular weight is 301 g/mol. The van der Waals surface area contributed by atoms with Crippen LogP contribution in [-0.4, -0.2) is 0 Å². The molecule has 0 saturated heterocycles. The van der Waals surface area contributed by atoms with Crippen molar-refractivity contribution in [3.05, 3.63) is 52.6 Å². The van der Waals surface area contributed by atoms with Crippen LogP contribution >= 0.6 is 0 Å². The Bertz CT molecular complexity index is 808. The molecule has 0 fully saturated rings. The minimum absolute atomic E-state index is 0.341. The lowest BCUT2D eigenvalue weighted by atomic mass is 9.81. The molecule has 2 aromatic rings. The van der Waals surface area contributed by atoms with Crippen molar-refractivity contribution in [3.8, 4) is 23.3 Å². The van der Waals surface area contributed by atoms with Crippen LogP contribution in [0.15, 0.2) is 30.3 Å². The number of hydrogen-bond donors (Lipinski definition) is 1. The molecule has 114 valence electrons. The highest BCUT2D eigenvalue weighted by Crippen LogP contribution is 2.39. The molecule has 0 unspecified atom stereocenters. The molecule has 0 atom stereocenters. The van der Waals surface area contributed by atoms with Crippen LogP contribution in [0.5, 0.6) is 0 Å². The van der Waals surface area contributed by atoms with Gasteiger partial charge in [0.25, 0.3) is 0 Å². The summed E-state index contributed by atoms with van der Waals surface area (Å²) >= 11 is 0. The Kier molecular flexibility index (Phi) is 4.31. The summed E-state index contributed by atoms with van der Waals surface area (Å²) in [7, 11) is 0. The van der Waals surface area contributed by atoms with Crippen molar-refractivity contribution in [3.63, 3.8) is 0 Å². The van der Waals surface area contributed by atoms with Gasteiger partial charge in [-0.2, -0.15) is 10.5 Å². The van der Waals surface area contributed by atoms with Gasteiger partial charge in [-0.3, -0.25) is 0 Å². The lowest BCUT2D eigenvalue weighted by Crippen LogP contribution is -2.10. The maximum absolute atomic E-state index is 9.67. The second-order valence-corrected chi connectivity index (χ2v) is 6.00. The summed E-state index contributed by atoms with van der Waals surface area (Å²) in [6.45, 7) is 0. The highest BCUT2D eigenvalue weighted by molar-refractivity contribution is 5.85. The predicted octanol–water partition coefficient (Wildman–Crippen LogP) is 4.34. The zero-order chi connectivity index (χ0) is 16.2. The molecular weight excluding hydrogens is 282 g/mol. The molecule has 2 N–H and O–H groups in total. The van der Waals surface area contributed by atoms with E-state index < -0.39 is 0 Å². The SMILES string of the molecule is N#Cc1c(N)c(C#N)c(-c2ccccc2)c2c1CCCCCC2. The zero-order valence-electron chi connectivity index (χ0n) is 13.1. The largest absolute Gasteiger partial charge is 0.397 e. The van der Waals surface area contributed by atoms with Crippen LogP contribution in [0.25, 0.3) is 11.1 Å². The van der Waals surface area contributed by atoms with Crippen LogP contribution in [0.3, 0.4) is 0 Å². The maximum atomic E-state index is 9.67. The topological polar surface area (TPSA) is 73.6 Å². The normalized spacial score (nSPS) is 14.0. The number of nitrogens with zero attached hydrogens (tertiary/aromatic N) is 2. The minimum Gasteiger partial charge on any atom is -0.397 e.